The van der Waals surface area contributed by atoms with Crippen LogP contribution in [0.15, 0.2) is 35.3 Å². The van der Waals surface area contributed by atoms with Crippen molar-refractivity contribution in [2.75, 3.05) is 19.1 Å². The topological polar surface area (TPSA) is 76.0 Å². The van der Waals surface area contributed by atoms with E-state index in [1.807, 2.05) is 57.0 Å². The summed E-state index contributed by atoms with van der Waals surface area (Å²) in [6.45, 7) is 8.16. The van der Waals surface area contributed by atoms with Gasteiger partial charge in [-0.3, -0.25) is 9.78 Å². The Kier molecular flexibility index (Phi) is 4.48. The Morgan fingerprint density at radius 1 is 1.23 bits per heavy atom. The minimum Gasteiger partial charge on any atom is -0.497 e. The van der Waals surface area contributed by atoms with Gasteiger partial charge in [-0.2, -0.15) is 10.1 Å². The van der Waals surface area contributed by atoms with Gasteiger partial charge in [-0.25, -0.2) is 4.68 Å². The summed E-state index contributed by atoms with van der Waals surface area (Å²) in [4.78, 5) is 22.0. The third kappa shape index (κ3) is 3.16. The SMILES string of the molecule is COc1ccc(C(C)N(C)c2nc3c(cnn3C(C)(C)C)c(=O)[nH]2)cc1. The Balaban J connectivity index is 2.01. The lowest BCUT2D eigenvalue weighted by Crippen LogP contribution is -2.28. The van der Waals surface area contributed by atoms with Crippen molar-refractivity contribution in [3.63, 3.8) is 0 Å². The molecule has 0 spiro atoms. The Bertz CT molecular complexity index is 966. The number of nitrogens with zero attached hydrogens (tertiary/aromatic N) is 4. The Labute approximate surface area is 152 Å². The number of benzene rings is 1. The van der Waals surface area contributed by atoms with E-state index in [1.54, 1.807) is 18.0 Å². The minimum atomic E-state index is -0.264. The lowest BCUT2D eigenvalue weighted by molar-refractivity contribution is 0.366. The van der Waals surface area contributed by atoms with Crippen molar-refractivity contribution in [2.24, 2.45) is 0 Å². The fourth-order valence-electron chi connectivity index (χ4n) is 2.85. The zero-order valence-electron chi connectivity index (χ0n) is 16.1. The monoisotopic (exact) mass is 355 g/mol. The molecular formula is C19H25N5O2. The first-order chi connectivity index (χ1) is 12.2. The molecule has 2 aromatic heterocycles. The number of hydrogen-bond donors (Lipinski definition) is 1. The van der Waals surface area contributed by atoms with Crippen LogP contribution in [0.1, 0.15) is 39.3 Å². The summed E-state index contributed by atoms with van der Waals surface area (Å²) in [7, 11) is 3.56. The molecule has 3 rings (SSSR count). The first-order valence-corrected chi connectivity index (χ1v) is 8.57. The van der Waals surface area contributed by atoms with Gasteiger partial charge in [0.1, 0.15) is 11.1 Å². The predicted molar refractivity (Wildman–Crippen MR) is 103 cm³/mol. The van der Waals surface area contributed by atoms with E-state index in [-0.39, 0.29) is 17.1 Å². The number of ether oxygens (including phenoxy) is 1. The Hall–Kier alpha value is -2.83. The molecule has 0 fully saturated rings. The molecule has 1 unspecified atom stereocenters. The van der Waals surface area contributed by atoms with Gasteiger partial charge in [-0.05, 0) is 45.4 Å². The number of nitrogens with one attached hydrogen (secondary N) is 1. The lowest BCUT2D eigenvalue weighted by atomic mass is 10.1. The van der Waals surface area contributed by atoms with Gasteiger partial charge in [0.15, 0.2) is 5.65 Å². The summed E-state index contributed by atoms with van der Waals surface area (Å²) in [5.41, 5.74) is 1.24. The van der Waals surface area contributed by atoms with Gasteiger partial charge in [0.05, 0.1) is 24.9 Å². The maximum atomic E-state index is 12.5. The van der Waals surface area contributed by atoms with E-state index >= 15 is 0 Å². The molecule has 1 atom stereocenters. The Morgan fingerprint density at radius 3 is 2.46 bits per heavy atom. The molecule has 0 bridgehead atoms. The van der Waals surface area contributed by atoms with Crippen molar-refractivity contribution in [3.05, 3.63) is 46.4 Å². The normalized spacial score (nSPS) is 13.0. The van der Waals surface area contributed by atoms with Crippen LogP contribution in [0.5, 0.6) is 5.75 Å². The van der Waals surface area contributed by atoms with Crippen LogP contribution in [0, 0.1) is 0 Å². The number of rotatable bonds is 4. The van der Waals surface area contributed by atoms with Crippen LogP contribution >= 0.6 is 0 Å². The zero-order chi connectivity index (χ0) is 19.1. The van der Waals surface area contributed by atoms with Crippen LogP contribution in [-0.4, -0.2) is 33.9 Å². The van der Waals surface area contributed by atoms with Gasteiger partial charge in [-0.15, -0.1) is 0 Å². The molecule has 7 nitrogen and oxygen atoms in total. The smallest absolute Gasteiger partial charge is 0.263 e. The summed E-state index contributed by atoms with van der Waals surface area (Å²) in [6.07, 6.45) is 1.57. The van der Waals surface area contributed by atoms with Crippen LogP contribution in [-0.2, 0) is 5.54 Å². The van der Waals surface area contributed by atoms with Crippen LogP contribution < -0.4 is 15.2 Å². The first-order valence-electron chi connectivity index (χ1n) is 8.57. The Morgan fingerprint density at radius 2 is 1.88 bits per heavy atom. The van der Waals surface area contributed by atoms with Gasteiger partial charge in [0, 0.05) is 7.05 Å². The van der Waals surface area contributed by atoms with Gasteiger partial charge in [0.25, 0.3) is 5.56 Å². The summed E-state index contributed by atoms with van der Waals surface area (Å²) in [5.74, 6) is 1.32. The molecule has 2 heterocycles. The van der Waals surface area contributed by atoms with E-state index in [9.17, 15) is 4.79 Å². The number of fused-ring (bicyclic) bond motifs is 1. The molecule has 0 aliphatic carbocycles. The molecule has 0 amide bonds. The fourth-order valence-corrected chi connectivity index (χ4v) is 2.85. The maximum absolute atomic E-state index is 12.5. The maximum Gasteiger partial charge on any atom is 0.263 e. The predicted octanol–water partition coefficient (Wildman–Crippen LogP) is 3.08. The van der Waals surface area contributed by atoms with Gasteiger partial charge >= 0.3 is 0 Å². The highest BCUT2D eigenvalue weighted by Gasteiger charge is 2.22. The number of hydrogen-bond acceptors (Lipinski definition) is 5. The molecule has 26 heavy (non-hydrogen) atoms. The highest BCUT2D eigenvalue weighted by Crippen LogP contribution is 2.25. The quantitative estimate of drug-likeness (QED) is 0.778. The second-order valence-electron chi connectivity index (χ2n) is 7.41. The van der Waals surface area contributed by atoms with Crippen molar-refractivity contribution in [3.8, 4) is 5.75 Å². The van der Waals surface area contributed by atoms with E-state index in [2.05, 4.69) is 22.0 Å². The zero-order valence-corrected chi connectivity index (χ0v) is 16.1. The van der Waals surface area contributed by atoms with Crippen molar-refractivity contribution < 1.29 is 4.74 Å². The number of aromatic amines is 1. The van der Waals surface area contributed by atoms with Crippen molar-refractivity contribution in [2.45, 2.75) is 39.3 Å². The highest BCUT2D eigenvalue weighted by atomic mass is 16.5. The molecule has 0 saturated heterocycles. The number of H-pyrrole nitrogens is 1. The number of anilines is 1. The molecule has 7 heteroatoms. The fraction of sp³-hybridized carbons (Fsp3) is 0.421. The lowest BCUT2D eigenvalue weighted by Gasteiger charge is -2.26. The van der Waals surface area contributed by atoms with Crippen LogP contribution in [0.25, 0.3) is 11.0 Å². The second kappa shape index (κ2) is 6.48. The summed E-state index contributed by atoms with van der Waals surface area (Å²) in [5, 5.41) is 4.85. The van der Waals surface area contributed by atoms with Crippen molar-refractivity contribution >= 4 is 17.0 Å². The molecule has 1 aromatic carbocycles. The van der Waals surface area contributed by atoms with Crippen LogP contribution in [0.4, 0.5) is 5.95 Å². The van der Waals surface area contributed by atoms with E-state index < -0.39 is 0 Å². The molecular weight excluding hydrogens is 330 g/mol. The largest absolute Gasteiger partial charge is 0.497 e. The standard InChI is InChI=1S/C19H25N5O2/c1-12(13-7-9-14(26-6)10-8-13)23(5)18-21-16-15(17(25)22-18)11-20-24(16)19(2,3)4/h7-12H,1-6H3,(H,21,22,25). The third-order valence-electron chi connectivity index (χ3n) is 4.57. The van der Waals surface area contributed by atoms with E-state index in [0.717, 1.165) is 11.3 Å². The van der Waals surface area contributed by atoms with Gasteiger partial charge in [0.2, 0.25) is 5.95 Å². The van der Waals surface area contributed by atoms with Crippen LogP contribution in [0.3, 0.4) is 0 Å². The average Bonchev–Trinajstić information content (AvgIpc) is 3.05. The van der Waals surface area contributed by atoms with Crippen molar-refractivity contribution in [1.82, 2.24) is 19.7 Å². The molecule has 0 saturated carbocycles. The van der Waals surface area contributed by atoms with Gasteiger partial charge in [-0.1, -0.05) is 12.1 Å². The van der Waals surface area contributed by atoms with E-state index in [1.165, 1.54) is 0 Å². The third-order valence-corrected chi connectivity index (χ3v) is 4.57. The average molecular weight is 355 g/mol. The second-order valence-corrected chi connectivity index (χ2v) is 7.41. The van der Waals surface area contributed by atoms with E-state index in [4.69, 9.17) is 4.74 Å². The molecule has 0 aliphatic rings. The summed E-state index contributed by atoms with van der Waals surface area (Å²) in [6, 6.07) is 7.89. The van der Waals surface area contributed by atoms with Crippen LogP contribution in [0.2, 0.25) is 0 Å². The minimum absolute atomic E-state index is 0.0208. The van der Waals surface area contributed by atoms with Crippen molar-refractivity contribution in [1.29, 1.82) is 0 Å². The first kappa shape index (κ1) is 18.0. The number of aromatic nitrogens is 4. The summed E-state index contributed by atoms with van der Waals surface area (Å²) < 4.78 is 7.00. The molecule has 3 aromatic rings. The summed E-state index contributed by atoms with van der Waals surface area (Å²) >= 11 is 0. The van der Waals surface area contributed by atoms with Gasteiger partial charge < -0.3 is 9.64 Å². The molecule has 0 aliphatic heterocycles. The molecule has 138 valence electrons. The molecule has 1 N–H and O–H groups in total. The molecule has 0 radical (unpaired) electrons. The van der Waals surface area contributed by atoms with E-state index in [0.29, 0.717) is 17.0 Å². The number of methoxy groups -OCH3 is 1. The highest BCUT2D eigenvalue weighted by molar-refractivity contribution is 5.74.